The maximum absolute atomic E-state index is 12.8. The lowest BCUT2D eigenvalue weighted by Crippen LogP contribution is -2.23. The molecule has 1 saturated heterocycles. The van der Waals surface area contributed by atoms with E-state index in [2.05, 4.69) is 34.1 Å². The number of nitrogens with zero attached hydrogens (tertiary/aromatic N) is 3. The third kappa shape index (κ3) is 4.89. The molecule has 0 radical (unpaired) electrons. The van der Waals surface area contributed by atoms with Crippen LogP contribution in [0.1, 0.15) is 24.0 Å². The van der Waals surface area contributed by atoms with E-state index in [1.807, 2.05) is 18.9 Å². The predicted octanol–water partition coefficient (Wildman–Crippen LogP) is 4.33. The molecule has 0 saturated carbocycles. The lowest BCUT2D eigenvalue weighted by Gasteiger charge is -2.21. The van der Waals surface area contributed by atoms with E-state index >= 15 is 0 Å². The van der Waals surface area contributed by atoms with Crippen molar-refractivity contribution in [1.82, 2.24) is 9.97 Å². The highest BCUT2D eigenvalue weighted by Crippen LogP contribution is 2.35. The summed E-state index contributed by atoms with van der Waals surface area (Å²) < 4.78 is 10.8. The number of benzene rings is 2. The minimum absolute atomic E-state index is 0. The van der Waals surface area contributed by atoms with Gasteiger partial charge in [-0.05, 0) is 37.5 Å². The molecule has 3 aromatic rings. The Kier molecular flexibility index (Phi) is 8.64. The van der Waals surface area contributed by atoms with Gasteiger partial charge in [-0.25, -0.2) is 4.98 Å². The second kappa shape index (κ2) is 10.8. The molecular weight excluding hydrogens is 451 g/mol. The SMILES string of the molecule is COc1cc2nc(N(C)Cc3cccc(N4CCCC4)c3)[nH]c(=O)c2c(C)c1OC.Cl.Cl. The van der Waals surface area contributed by atoms with Gasteiger partial charge in [0.25, 0.3) is 5.56 Å². The highest BCUT2D eigenvalue weighted by Gasteiger charge is 2.18. The van der Waals surface area contributed by atoms with Gasteiger partial charge in [-0.15, -0.1) is 24.8 Å². The van der Waals surface area contributed by atoms with Crippen LogP contribution in [0.25, 0.3) is 10.9 Å². The number of halogens is 2. The molecule has 2 heterocycles. The van der Waals surface area contributed by atoms with Crippen LogP contribution in [0, 0.1) is 6.92 Å². The molecule has 9 heteroatoms. The summed E-state index contributed by atoms with van der Waals surface area (Å²) in [6, 6.07) is 10.3. The molecule has 1 N–H and O–H groups in total. The summed E-state index contributed by atoms with van der Waals surface area (Å²) in [6.45, 7) is 4.71. The Balaban J connectivity index is 0.00000181. The van der Waals surface area contributed by atoms with Gasteiger partial charge in [0.05, 0.1) is 25.1 Å². The third-order valence-electron chi connectivity index (χ3n) is 5.73. The van der Waals surface area contributed by atoms with Crippen LogP contribution < -0.4 is 24.8 Å². The van der Waals surface area contributed by atoms with E-state index in [4.69, 9.17) is 14.5 Å². The fourth-order valence-corrected chi connectivity index (χ4v) is 4.19. The van der Waals surface area contributed by atoms with Crippen molar-refractivity contribution in [2.45, 2.75) is 26.3 Å². The number of anilines is 2. The maximum Gasteiger partial charge on any atom is 0.260 e. The monoisotopic (exact) mass is 480 g/mol. The van der Waals surface area contributed by atoms with Crippen molar-refractivity contribution in [3.05, 3.63) is 51.8 Å². The van der Waals surface area contributed by atoms with Gasteiger partial charge in [-0.2, -0.15) is 0 Å². The lowest BCUT2D eigenvalue weighted by atomic mass is 10.1. The number of aromatic amines is 1. The average Bonchev–Trinajstić information content (AvgIpc) is 3.28. The van der Waals surface area contributed by atoms with Crippen molar-refractivity contribution < 1.29 is 9.47 Å². The molecule has 0 aliphatic carbocycles. The molecule has 1 fully saturated rings. The first-order chi connectivity index (χ1) is 14.5. The number of hydrogen-bond donors (Lipinski definition) is 1. The van der Waals surface area contributed by atoms with Crippen molar-refractivity contribution in [2.75, 3.05) is 44.2 Å². The van der Waals surface area contributed by atoms with E-state index in [1.54, 1.807) is 20.3 Å². The quantitative estimate of drug-likeness (QED) is 0.565. The van der Waals surface area contributed by atoms with Crippen molar-refractivity contribution in [3.8, 4) is 11.5 Å². The summed E-state index contributed by atoms with van der Waals surface area (Å²) >= 11 is 0. The Hall–Kier alpha value is -2.64. The topological polar surface area (TPSA) is 70.7 Å². The van der Waals surface area contributed by atoms with E-state index in [0.717, 1.165) is 13.1 Å². The molecule has 7 nitrogen and oxygen atoms in total. The number of nitrogens with one attached hydrogen (secondary N) is 1. The Morgan fingerprint density at radius 1 is 1.12 bits per heavy atom. The Labute approximate surface area is 200 Å². The molecule has 1 aromatic heterocycles. The van der Waals surface area contributed by atoms with Crippen LogP contribution in [0.3, 0.4) is 0 Å². The molecule has 0 amide bonds. The number of rotatable bonds is 6. The van der Waals surface area contributed by atoms with Crippen LogP contribution in [0.2, 0.25) is 0 Å². The molecule has 32 heavy (non-hydrogen) atoms. The summed E-state index contributed by atoms with van der Waals surface area (Å²) in [6.07, 6.45) is 2.50. The van der Waals surface area contributed by atoms with Gasteiger partial charge >= 0.3 is 0 Å². The van der Waals surface area contributed by atoms with Crippen molar-refractivity contribution in [3.63, 3.8) is 0 Å². The number of methoxy groups -OCH3 is 2. The van der Waals surface area contributed by atoms with Gasteiger partial charge in [0, 0.05) is 44.0 Å². The maximum atomic E-state index is 12.8. The molecule has 2 aromatic carbocycles. The van der Waals surface area contributed by atoms with Crippen LogP contribution in [0.15, 0.2) is 35.1 Å². The van der Waals surface area contributed by atoms with Gasteiger partial charge in [-0.3, -0.25) is 9.78 Å². The Morgan fingerprint density at radius 2 is 1.84 bits per heavy atom. The van der Waals surface area contributed by atoms with Crippen LogP contribution in [-0.2, 0) is 6.54 Å². The number of hydrogen-bond acceptors (Lipinski definition) is 6. The number of aryl methyl sites for hydroxylation is 1. The second-order valence-electron chi connectivity index (χ2n) is 7.74. The predicted molar refractivity (Wildman–Crippen MR) is 135 cm³/mol. The van der Waals surface area contributed by atoms with E-state index < -0.39 is 0 Å². The van der Waals surface area contributed by atoms with Gasteiger partial charge < -0.3 is 19.3 Å². The third-order valence-corrected chi connectivity index (χ3v) is 5.73. The largest absolute Gasteiger partial charge is 0.493 e. The van der Waals surface area contributed by atoms with E-state index in [1.165, 1.54) is 24.1 Å². The minimum Gasteiger partial charge on any atom is -0.493 e. The molecular formula is C23H30Cl2N4O3. The highest BCUT2D eigenvalue weighted by molar-refractivity contribution is 5.87. The molecule has 0 unspecified atom stereocenters. The van der Waals surface area contributed by atoms with Gasteiger partial charge in [0.1, 0.15) is 0 Å². The Bertz CT molecular complexity index is 1130. The molecule has 1 aliphatic heterocycles. The Morgan fingerprint density at radius 3 is 2.50 bits per heavy atom. The zero-order valence-electron chi connectivity index (χ0n) is 18.8. The molecule has 0 bridgehead atoms. The van der Waals surface area contributed by atoms with E-state index in [9.17, 15) is 4.79 Å². The van der Waals surface area contributed by atoms with Crippen molar-refractivity contribution in [2.24, 2.45) is 0 Å². The first kappa shape index (κ1) is 25.6. The summed E-state index contributed by atoms with van der Waals surface area (Å²) in [5.74, 6) is 1.63. The molecule has 174 valence electrons. The fraction of sp³-hybridized carbons (Fsp3) is 0.391. The number of H-pyrrole nitrogens is 1. The molecule has 0 atom stereocenters. The standard InChI is InChI=1S/C23H28N4O3.2ClH/c1-15-20-18(13-19(29-3)21(15)30-4)24-23(25-22(20)28)26(2)14-16-8-7-9-17(12-16)27-10-5-6-11-27;;/h7-9,12-13H,5-6,10-11,14H2,1-4H3,(H,24,25,28);2*1H. The number of ether oxygens (including phenoxy) is 2. The van der Waals surface area contributed by atoms with Gasteiger partial charge in [-0.1, -0.05) is 12.1 Å². The van der Waals surface area contributed by atoms with Crippen LogP contribution >= 0.6 is 24.8 Å². The van der Waals surface area contributed by atoms with Crippen LogP contribution in [0.4, 0.5) is 11.6 Å². The smallest absolute Gasteiger partial charge is 0.260 e. The zero-order valence-corrected chi connectivity index (χ0v) is 20.4. The minimum atomic E-state index is -0.189. The van der Waals surface area contributed by atoms with Gasteiger partial charge in [0.2, 0.25) is 5.95 Å². The molecule has 0 spiro atoms. The van der Waals surface area contributed by atoms with E-state index in [-0.39, 0.29) is 30.4 Å². The number of fused-ring (bicyclic) bond motifs is 1. The summed E-state index contributed by atoms with van der Waals surface area (Å²) in [7, 11) is 5.08. The summed E-state index contributed by atoms with van der Waals surface area (Å²) in [4.78, 5) is 24.8. The van der Waals surface area contributed by atoms with Crippen LogP contribution in [0.5, 0.6) is 11.5 Å². The van der Waals surface area contributed by atoms with Crippen molar-refractivity contribution >= 4 is 47.4 Å². The normalized spacial score (nSPS) is 12.8. The fourth-order valence-electron chi connectivity index (χ4n) is 4.19. The average molecular weight is 481 g/mol. The molecule has 4 rings (SSSR count). The second-order valence-corrected chi connectivity index (χ2v) is 7.74. The highest BCUT2D eigenvalue weighted by atomic mass is 35.5. The van der Waals surface area contributed by atoms with E-state index in [0.29, 0.717) is 40.5 Å². The van der Waals surface area contributed by atoms with Crippen molar-refractivity contribution in [1.29, 1.82) is 0 Å². The first-order valence-corrected chi connectivity index (χ1v) is 10.2. The first-order valence-electron chi connectivity index (χ1n) is 10.2. The van der Waals surface area contributed by atoms with Gasteiger partial charge in [0.15, 0.2) is 11.5 Å². The number of aromatic nitrogens is 2. The summed E-state index contributed by atoms with van der Waals surface area (Å²) in [5.41, 5.74) is 3.54. The summed E-state index contributed by atoms with van der Waals surface area (Å²) in [5, 5.41) is 0.515. The molecule has 1 aliphatic rings. The van der Waals surface area contributed by atoms with Crippen LogP contribution in [-0.4, -0.2) is 44.3 Å². The lowest BCUT2D eigenvalue weighted by molar-refractivity contribution is 0.354. The zero-order chi connectivity index (χ0) is 21.3.